The Morgan fingerprint density at radius 1 is 1.57 bits per heavy atom. The van der Waals surface area contributed by atoms with E-state index in [-0.39, 0.29) is 12.0 Å². The third-order valence-corrected chi connectivity index (χ3v) is 2.01. The lowest BCUT2D eigenvalue weighted by molar-refractivity contribution is -0.136. The topological polar surface area (TPSA) is 56.8 Å². The van der Waals surface area contributed by atoms with E-state index in [9.17, 15) is 4.79 Å². The molecule has 1 atom stereocenters. The van der Waals surface area contributed by atoms with E-state index in [4.69, 9.17) is 14.3 Å². The number of hydrogen-bond acceptors (Lipinski definition) is 4. The van der Waals surface area contributed by atoms with Gasteiger partial charge in [0.05, 0.1) is 25.7 Å². The van der Waals surface area contributed by atoms with Gasteiger partial charge in [-0.3, -0.25) is 9.63 Å². The zero-order valence-corrected chi connectivity index (χ0v) is 8.45. The van der Waals surface area contributed by atoms with Crippen LogP contribution in [0.1, 0.15) is 19.3 Å². The van der Waals surface area contributed by atoms with Crippen molar-refractivity contribution in [2.24, 2.45) is 0 Å². The predicted molar refractivity (Wildman–Crippen MR) is 49.6 cm³/mol. The molecule has 0 aromatic heterocycles. The standard InChI is InChI=1S/C9H17NO4/c1-12-5-6-14-10-9(11)7-8-3-2-4-13-8/h8H,2-7H2,1H3,(H,10,11). The average molecular weight is 203 g/mol. The van der Waals surface area contributed by atoms with Crippen LogP contribution in [-0.4, -0.2) is 38.9 Å². The molecule has 0 saturated carbocycles. The molecule has 14 heavy (non-hydrogen) atoms. The molecule has 1 N–H and O–H groups in total. The van der Waals surface area contributed by atoms with Gasteiger partial charge in [0.1, 0.15) is 0 Å². The van der Waals surface area contributed by atoms with Gasteiger partial charge in [0.25, 0.3) is 0 Å². The molecule has 1 saturated heterocycles. The lowest BCUT2D eigenvalue weighted by atomic mass is 10.2. The summed E-state index contributed by atoms with van der Waals surface area (Å²) in [5.41, 5.74) is 2.35. The second-order valence-corrected chi connectivity index (χ2v) is 3.21. The highest BCUT2D eigenvalue weighted by atomic mass is 16.7. The van der Waals surface area contributed by atoms with E-state index in [0.717, 1.165) is 19.4 Å². The van der Waals surface area contributed by atoms with Crippen LogP contribution >= 0.6 is 0 Å². The SMILES string of the molecule is COCCONC(=O)CC1CCCO1. The van der Waals surface area contributed by atoms with E-state index < -0.39 is 0 Å². The van der Waals surface area contributed by atoms with E-state index in [0.29, 0.717) is 19.6 Å². The fraction of sp³-hybridized carbons (Fsp3) is 0.889. The zero-order chi connectivity index (χ0) is 10.2. The maximum Gasteiger partial charge on any atom is 0.246 e. The van der Waals surface area contributed by atoms with Gasteiger partial charge in [-0.2, -0.15) is 0 Å². The Hall–Kier alpha value is -0.650. The van der Waals surface area contributed by atoms with Crippen molar-refractivity contribution in [2.75, 3.05) is 26.9 Å². The van der Waals surface area contributed by atoms with Gasteiger partial charge >= 0.3 is 0 Å². The minimum atomic E-state index is -0.131. The molecule has 0 aromatic rings. The fourth-order valence-corrected chi connectivity index (χ4v) is 1.31. The van der Waals surface area contributed by atoms with Crippen molar-refractivity contribution in [3.63, 3.8) is 0 Å². The summed E-state index contributed by atoms with van der Waals surface area (Å²) >= 11 is 0. The molecule has 0 aromatic carbocycles. The minimum Gasteiger partial charge on any atom is -0.382 e. The zero-order valence-electron chi connectivity index (χ0n) is 8.45. The van der Waals surface area contributed by atoms with Gasteiger partial charge in [0, 0.05) is 13.7 Å². The maximum absolute atomic E-state index is 11.2. The van der Waals surface area contributed by atoms with Crippen molar-refractivity contribution in [3.05, 3.63) is 0 Å². The highest BCUT2D eigenvalue weighted by Gasteiger charge is 2.18. The van der Waals surface area contributed by atoms with E-state index in [2.05, 4.69) is 5.48 Å². The number of methoxy groups -OCH3 is 1. The molecule has 0 bridgehead atoms. The summed E-state index contributed by atoms with van der Waals surface area (Å²) in [6.07, 6.45) is 2.46. The van der Waals surface area contributed by atoms with E-state index in [1.54, 1.807) is 7.11 Å². The molecule has 0 spiro atoms. The largest absolute Gasteiger partial charge is 0.382 e. The van der Waals surface area contributed by atoms with E-state index in [1.165, 1.54) is 0 Å². The fourth-order valence-electron chi connectivity index (χ4n) is 1.31. The molecule has 0 radical (unpaired) electrons. The monoisotopic (exact) mass is 203 g/mol. The lowest BCUT2D eigenvalue weighted by Crippen LogP contribution is -2.28. The second kappa shape index (κ2) is 6.75. The first kappa shape index (κ1) is 11.4. The Morgan fingerprint density at radius 2 is 2.43 bits per heavy atom. The molecule has 1 unspecified atom stereocenters. The van der Waals surface area contributed by atoms with Crippen LogP contribution in [0.2, 0.25) is 0 Å². The molecule has 1 aliphatic heterocycles. The van der Waals surface area contributed by atoms with Crippen molar-refractivity contribution >= 4 is 5.91 Å². The van der Waals surface area contributed by atoms with Crippen LogP contribution in [0.4, 0.5) is 0 Å². The summed E-state index contributed by atoms with van der Waals surface area (Å²) < 4.78 is 10.1. The van der Waals surface area contributed by atoms with Gasteiger partial charge in [-0.15, -0.1) is 0 Å². The number of carbonyl (C=O) groups excluding carboxylic acids is 1. The van der Waals surface area contributed by atoms with E-state index in [1.807, 2.05) is 0 Å². The van der Waals surface area contributed by atoms with Crippen molar-refractivity contribution < 1.29 is 19.1 Å². The summed E-state index contributed by atoms with van der Waals surface area (Å²) in [7, 11) is 1.58. The van der Waals surface area contributed by atoms with Gasteiger partial charge in [-0.1, -0.05) is 0 Å². The summed E-state index contributed by atoms with van der Waals surface area (Å²) in [6.45, 7) is 1.61. The number of nitrogens with one attached hydrogen (secondary N) is 1. The first-order valence-corrected chi connectivity index (χ1v) is 4.84. The Bertz CT molecular complexity index is 168. The van der Waals surface area contributed by atoms with Crippen LogP contribution in [0.3, 0.4) is 0 Å². The van der Waals surface area contributed by atoms with Gasteiger partial charge in [-0.25, -0.2) is 5.48 Å². The van der Waals surface area contributed by atoms with E-state index >= 15 is 0 Å². The third-order valence-electron chi connectivity index (χ3n) is 2.01. The van der Waals surface area contributed by atoms with Crippen molar-refractivity contribution in [3.8, 4) is 0 Å². The summed E-state index contributed by atoms with van der Waals surface area (Å²) in [4.78, 5) is 16.1. The number of carbonyl (C=O) groups is 1. The molecular weight excluding hydrogens is 186 g/mol. The maximum atomic E-state index is 11.2. The molecular formula is C9H17NO4. The third kappa shape index (κ3) is 4.55. The summed E-state index contributed by atoms with van der Waals surface area (Å²) in [6, 6.07) is 0. The van der Waals surface area contributed by atoms with Crippen LogP contribution in [0.25, 0.3) is 0 Å². The Morgan fingerprint density at radius 3 is 3.07 bits per heavy atom. The molecule has 1 amide bonds. The summed E-state index contributed by atoms with van der Waals surface area (Å²) in [5.74, 6) is -0.131. The van der Waals surface area contributed by atoms with Crippen molar-refractivity contribution in [1.29, 1.82) is 0 Å². The summed E-state index contributed by atoms with van der Waals surface area (Å²) in [5, 5.41) is 0. The van der Waals surface area contributed by atoms with Gasteiger partial charge in [0.2, 0.25) is 5.91 Å². The normalized spacial score (nSPS) is 21.1. The molecule has 0 aliphatic carbocycles. The number of ether oxygens (including phenoxy) is 2. The van der Waals surface area contributed by atoms with Gasteiger partial charge in [-0.05, 0) is 12.8 Å². The molecule has 1 heterocycles. The Balaban J connectivity index is 1.98. The molecule has 5 heteroatoms. The molecule has 82 valence electrons. The van der Waals surface area contributed by atoms with Gasteiger partial charge < -0.3 is 9.47 Å². The first-order chi connectivity index (χ1) is 6.83. The number of hydrogen-bond donors (Lipinski definition) is 1. The predicted octanol–water partition coefficient (Wildman–Crippen LogP) is 0.250. The van der Waals surface area contributed by atoms with Crippen LogP contribution < -0.4 is 5.48 Å². The van der Waals surface area contributed by atoms with Crippen molar-refractivity contribution in [1.82, 2.24) is 5.48 Å². The van der Waals surface area contributed by atoms with Crippen LogP contribution in [0.5, 0.6) is 0 Å². The Labute approximate surface area is 83.7 Å². The van der Waals surface area contributed by atoms with Crippen LogP contribution in [0, 0.1) is 0 Å². The molecule has 1 aliphatic rings. The lowest BCUT2D eigenvalue weighted by Gasteiger charge is -2.09. The molecule has 1 fully saturated rings. The van der Waals surface area contributed by atoms with Gasteiger partial charge in [0.15, 0.2) is 0 Å². The number of rotatable bonds is 6. The minimum absolute atomic E-state index is 0.0704. The number of amides is 1. The van der Waals surface area contributed by atoms with Crippen LogP contribution in [0.15, 0.2) is 0 Å². The average Bonchev–Trinajstić information content (AvgIpc) is 2.65. The second-order valence-electron chi connectivity index (χ2n) is 3.21. The molecule has 1 rings (SSSR count). The number of hydroxylamine groups is 1. The van der Waals surface area contributed by atoms with Crippen molar-refractivity contribution in [2.45, 2.75) is 25.4 Å². The molecule has 5 nitrogen and oxygen atoms in total. The van der Waals surface area contributed by atoms with Crippen LogP contribution in [-0.2, 0) is 19.1 Å². The highest BCUT2D eigenvalue weighted by molar-refractivity contribution is 5.75. The Kier molecular flexibility index (Phi) is 5.51. The quantitative estimate of drug-likeness (QED) is 0.496. The first-order valence-electron chi connectivity index (χ1n) is 4.84. The smallest absolute Gasteiger partial charge is 0.246 e. The highest BCUT2D eigenvalue weighted by Crippen LogP contribution is 2.14.